The number of nitrogens with one attached hydrogen (secondary N) is 3. The van der Waals surface area contributed by atoms with Gasteiger partial charge in [-0.25, -0.2) is 0 Å². The molecule has 1 heterocycles. The molecule has 0 aliphatic rings. The van der Waals surface area contributed by atoms with Crippen molar-refractivity contribution >= 4 is 17.8 Å². The first-order valence-corrected chi connectivity index (χ1v) is 6.43. The molecule has 0 bridgehead atoms. The molecule has 112 valence electrons. The van der Waals surface area contributed by atoms with Gasteiger partial charge in [-0.2, -0.15) is 15.0 Å². The molecule has 0 saturated heterocycles. The number of hydrogen-bond acceptors (Lipinski definition) is 7. The van der Waals surface area contributed by atoms with Crippen LogP contribution in [0.4, 0.5) is 11.9 Å². The summed E-state index contributed by atoms with van der Waals surface area (Å²) in [7, 11) is 1.47. The monoisotopic (exact) mass is 282 g/mol. The van der Waals surface area contributed by atoms with Gasteiger partial charge in [-0.05, 0) is 27.7 Å². The molecule has 8 heteroatoms. The molecule has 0 radical (unpaired) electrons. The van der Waals surface area contributed by atoms with Crippen LogP contribution in [0.3, 0.4) is 0 Å². The summed E-state index contributed by atoms with van der Waals surface area (Å²) in [5, 5.41) is 8.65. The van der Waals surface area contributed by atoms with E-state index in [1.165, 1.54) is 7.11 Å². The molecule has 0 spiro atoms. The summed E-state index contributed by atoms with van der Waals surface area (Å²) in [5.41, 5.74) is -0.273. The van der Waals surface area contributed by atoms with Crippen LogP contribution in [-0.2, 0) is 4.79 Å². The van der Waals surface area contributed by atoms with Gasteiger partial charge in [0.1, 0.15) is 0 Å². The second kappa shape index (κ2) is 6.88. The second-order valence-electron chi connectivity index (χ2n) is 5.15. The molecular formula is C12H22N6O2. The number of ether oxygens (including phenoxy) is 1. The fraction of sp³-hybridized carbons (Fsp3) is 0.667. The minimum Gasteiger partial charge on any atom is -0.467 e. The summed E-state index contributed by atoms with van der Waals surface area (Å²) in [6.45, 7) is 8.44. The predicted octanol–water partition coefficient (Wildman–Crippen LogP) is 0.639. The Morgan fingerprint density at radius 2 is 1.75 bits per heavy atom. The molecule has 0 fully saturated rings. The third kappa shape index (κ3) is 5.68. The van der Waals surface area contributed by atoms with E-state index in [0.717, 1.165) is 0 Å². The highest BCUT2D eigenvalue weighted by molar-refractivity contribution is 5.80. The molecule has 0 aliphatic carbocycles. The highest BCUT2D eigenvalue weighted by Gasteiger charge is 2.14. The van der Waals surface area contributed by atoms with Gasteiger partial charge in [-0.15, -0.1) is 0 Å². The molecule has 20 heavy (non-hydrogen) atoms. The van der Waals surface area contributed by atoms with E-state index in [2.05, 4.69) is 30.9 Å². The van der Waals surface area contributed by atoms with E-state index in [1.54, 1.807) is 0 Å². The van der Waals surface area contributed by atoms with E-state index < -0.39 is 0 Å². The van der Waals surface area contributed by atoms with Crippen LogP contribution in [0.25, 0.3) is 0 Å². The summed E-state index contributed by atoms with van der Waals surface area (Å²) in [6, 6.07) is 0.190. The van der Waals surface area contributed by atoms with Crippen molar-refractivity contribution in [2.45, 2.75) is 33.2 Å². The van der Waals surface area contributed by atoms with Gasteiger partial charge in [0.05, 0.1) is 13.7 Å². The quantitative estimate of drug-likeness (QED) is 0.703. The van der Waals surface area contributed by atoms with E-state index in [1.807, 2.05) is 27.7 Å². The van der Waals surface area contributed by atoms with Gasteiger partial charge in [-0.1, -0.05) is 0 Å². The normalized spacial score (nSPS) is 10.8. The zero-order valence-electron chi connectivity index (χ0n) is 12.6. The number of carbonyl (C=O) groups excluding carboxylic acids is 1. The van der Waals surface area contributed by atoms with E-state index in [9.17, 15) is 4.79 Å². The number of rotatable bonds is 6. The number of amides is 1. The Morgan fingerprint density at radius 1 is 1.15 bits per heavy atom. The Morgan fingerprint density at radius 3 is 2.25 bits per heavy atom. The second-order valence-corrected chi connectivity index (χ2v) is 5.15. The fourth-order valence-corrected chi connectivity index (χ4v) is 1.39. The molecule has 1 aromatic rings. The van der Waals surface area contributed by atoms with E-state index in [-0.39, 0.29) is 29.9 Å². The molecule has 1 aromatic heterocycles. The average molecular weight is 282 g/mol. The Bertz CT molecular complexity index is 458. The van der Waals surface area contributed by atoms with Crippen molar-refractivity contribution in [1.82, 2.24) is 20.3 Å². The van der Waals surface area contributed by atoms with Gasteiger partial charge in [0, 0.05) is 12.1 Å². The SMILES string of the molecule is CCNc1nc(NCC(=O)NC(C)(C)C)nc(OC)n1. The first-order valence-electron chi connectivity index (χ1n) is 6.43. The molecule has 0 atom stereocenters. The predicted molar refractivity (Wildman–Crippen MR) is 76.9 cm³/mol. The van der Waals surface area contributed by atoms with E-state index in [4.69, 9.17) is 4.74 Å². The highest BCUT2D eigenvalue weighted by atomic mass is 16.5. The van der Waals surface area contributed by atoms with Crippen molar-refractivity contribution in [1.29, 1.82) is 0 Å². The molecular weight excluding hydrogens is 260 g/mol. The maximum atomic E-state index is 11.7. The molecule has 0 aliphatic heterocycles. The van der Waals surface area contributed by atoms with Crippen molar-refractivity contribution in [3.8, 4) is 6.01 Å². The third-order valence-corrected chi connectivity index (χ3v) is 2.05. The highest BCUT2D eigenvalue weighted by Crippen LogP contribution is 2.10. The summed E-state index contributed by atoms with van der Waals surface area (Å²) >= 11 is 0. The lowest BCUT2D eigenvalue weighted by Gasteiger charge is -2.20. The smallest absolute Gasteiger partial charge is 0.322 e. The Labute approximate surface area is 118 Å². The average Bonchev–Trinajstić information content (AvgIpc) is 2.34. The maximum absolute atomic E-state index is 11.7. The van der Waals surface area contributed by atoms with Crippen LogP contribution in [-0.4, -0.2) is 46.6 Å². The lowest BCUT2D eigenvalue weighted by molar-refractivity contribution is -0.120. The van der Waals surface area contributed by atoms with Crippen molar-refractivity contribution in [3.63, 3.8) is 0 Å². The van der Waals surface area contributed by atoms with E-state index in [0.29, 0.717) is 12.5 Å². The van der Waals surface area contributed by atoms with Crippen LogP contribution < -0.4 is 20.7 Å². The first-order chi connectivity index (χ1) is 9.34. The number of hydrogen-bond donors (Lipinski definition) is 3. The van der Waals surface area contributed by atoms with Gasteiger partial charge in [0.15, 0.2) is 0 Å². The van der Waals surface area contributed by atoms with Crippen LogP contribution in [0.5, 0.6) is 6.01 Å². The molecule has 0 unspecified atom stereocenters. The first kappa shape index (κ1) is 15.9. The minimum absolute atomic E-state index is 0.0794. The van der Waals surface area contributed by atoms with Crippen molar-refractivity contribution in [2.24, 2.45) is 0 Å². The minimum atomic E-state index is -0.273. The Balaban J connectivity index is 2.67. The molecule has 0 aromatic carbocycles. The standard InChI is InChI=1S/C12H22N6O2/c1-6-13-9-15-10(17-11(16-9)20-5)14-7-8(19)18-12(2,3)4/h6-7H2,1-5H3,(H,18,19)(H2,13,14,15,16,17). The lowest BCUT2D eigenvalue weighted by Crippen LogP contribution is -2.43. The van der Waals surface area contributed by atoms with Crippen molar-refractivity contribution in [2.75, 3.05) is 30.8 Å². The molecule has 0 saturated carbocycles. The molecule has 1 rings (SSSR count). The number of anilines is 2. The maximum Gasteiger partial charge on any atom is 0.322 e. The summed E-state index contributed by atoms with van der Waals surface area (Å²) in [4.78, 5) is 23.9. The zero-order chi connectivity index (χ0) is 15.2. The van der Waals surface area contributed by atoms with Crippen molar-refractivity contribution < 1.29 is 9.53 Å². The van der Waals surface area contributed by atoms with Crippen LogP contribution in [0.1, 0.15) is 27.7 Å². The summed E-state index contributed by atoms with van der Waals surface area (Å²) in [6.07, 6.45) is 0. The van der Waals surface area contributed by atoms with Crippen LogP contribution in [0.15, 0.2) is 0 Å². The zero-order valence-corrected chi connectivity index (χ0v) is 12.6. The molecule has 3 N–H and O–H groups in total. The third-order valence-electron chi connectivity index (χ3n) is 2.05. The fourth-order valence-electron chi connectivity index (χ4n) is 1.39. The topological polar surface area (TPSA) is 101 Å². The largest absolute Gasteiger partial charge is 0.467 e. The van der Waals surface area contributed by atoms with Gasteiger partial charge >= 0.3 is 6.01 Å². The van der Waals surface area contributed by atoms with E-state index >= 15 is 0 Å². The summed E-state index contributed by atoms with van der Waals surface area (Å²) in [5.74, 6) is 0.553. The molecule has 1 amide bonds. The molecule has 8 nitrogen and oxygen atoms in total. The number of nitrogens with zero attached hydrogens (tertiary/aromatic N) is 3. The Hall–Kier alpha value is -2.12. The van der Waals surface area contributed by atoms with Gasteiger partial charge in [0.25, 0.3) is 0 Å². The van der Waals surface area contributed by atoms with Gasteiger partial charge in [0.2, 0.25) is 17.8 Å². The lowest BCUT2D eigenvalue weighted by atomic mass is 10.1. The van der Waals surface area contributed by atoms with Gasteiger partial charge in [-0.3, -0.25) is 4.79 Å². The van der Waals surface area contributed by atoms with Crippen LogP contribution in [0.2, 0.25) is 0 Å². The van der Waals surface area contributed by atoms with Crippen LogP contribution >= 0.6 is 0 Å². The summed E-state index contributed by atoms with van der Waals surface area (Å²) < 4.78 is 4.99. The Kier molecular flexibility index (Phi) is 5.48. The number of methoxy groups -OCH3 is 1. The number of carbonyl (C=O) groups is 1. The van der Waals surface area contributed by atoms with Crippen LogP contribution in [0, 0.1) is 0 Å². The van der Waals surface area contributed by atoms with Crippen molar-refractivity contribution in [3.05, 3.63) is 0 Å². The number of aromatic nitrogens is 3. The van der Waals surface area contributed by atoms with Gasteiger partial charge < -0.3 is 20.7 Å².